The number of benzene rings is 1. The van der Waals surface area contributed by atoms with Gasteiger partial charge in [0.2, 0.25) is 5.56 Å². The highest BCUT2D eigenvalue weighted by atomic mass is 16.6. The van der Waals surface area contributed by atoms with Gasteiger partial charge in [-0.2, -0.15) is 0 Å². The maximum atomic E-state index is 14.2. The Balaban J connectivity index is 1.65. The molecule has 2 bridgehead atoms. The minimum atomic E-state index is -2.14. The third kappa shape index (κ3) is 6.20. The van der Waals surface area contributed by atoms with Crippen molar-refractivity contribution in [3.8, 4) is 0 Å². The Bertz CT molecular complexity index is 1970. The molecular formula is C38H41NO14. The number of nitrogens with zero attached hydrogens (tertiary/aromatic N) is 1. The predicted molar refractivity (Wildman–Crippen MR) is 180 cm³/mol. The molecule has 2 saturated carbocycles. The van der Waals surface area contributed by atoms with Crippen LogP contribution in [0.3, 0.4) is 0 Å². The van der Waals surface area contributed by atoms with Crippen LogP contribution in [0.1, 0.15) is 78.5 Å². The fourth-order valence-electron chi connectivity index (χ4n) is 8.53. The molecule has 0 unspecified atom stereocenters. The van der Waals surface area contributed by atoms with Crippen molar-refractivity contribution in [1.29, 1.82) is 0 Å². The molecule has 15 nitrogen and oxygen atoms in total. The van der Waals surface area contributed by atoms with Crippen LogP contribution in [-0.2, 0) is 45.1 Å². The van der Waals surface area contributed by atoms with E-state index in [2.05, 4.69) is 0 Å². The maximum Gasteiger partial charge on any atom is 0.341 e. The molecule has 15 heteroatoms. The molecule has 1 aromatic carbocycles. The number of hydrogen-bond acceptors (Lipinski definition) is 14. The second kappa shape index (κ2) is 13.6. The van der Waals surface area contributed by atoms with E-state index >= 15 is 0 Å². The molecule has 282 valence electrons. The van der Waals surface area contributed by atoms with Crippen LogP contribution in [-0.4, -0.2) is 87.3 Å². The Kier molecular flexibility index (Phi) is 9.62. The first kappa shape index (κ1) is 37.5. The van der Waals surface area contributed by atoms with Crippen molar-refractivity contribution in [3.63, 3.8) is 0 Å². The highest BCUT2D eigenvalue weighted by molar-refractivity contribution is 5.91. The monoisotopic (exact) mass is 735 g/mol. The number of aromatic nitrogens is 1. The van der Waals surface area contributed by atoms with Crippen molar-refractivity contribution in [1.82, 2.24) is 4.57 Å². The fraction of sp³-hybridized carbons (Fsp3) is 0.474. The van der Waals surface area contributed by atoms with Crippen LogP contribution in [0.5, 0.6) is 0 Å². The van der Waals surface area contributed by atoms with E-state index in [1.165, 1.54) is 61.3 Å². The van der Waals surface area contributed by atoms with Gasteiger partial charge in [-0.3, -0.25) is 14.4 Å². The number of pyridine rings is 1. The summed E-state index contributed by atoms with van der Waals surface area (Å²) in [5.41, 5.74) is -8.01. The second-order valence-electron chi connectivity index (χ2n) is 14.5. The number of fused-ring (bicyclic) bond motifs is 1. The summed E-state index contributed by atoms with van der Waals surface area (Å²) in [5.74, 6) is -5.48. The molecule has 0 radical (unpaired) electrons. The van der Waals surface area contributed by atoms with Crippen molar-refractivity contribution < 1.29 is 61.9 Å². The SMILES string of the molecule is CC(=O)OC[C@]12[C@H](OC(=O)c3ccoc3)CC[C@@](C)(O)[C@@]13OC(C)(C)[C@@H]([C@@H](OC(=O)c1ccc(=O)n(C)c1)[C@@H]2OC(=O)c1ccccc1)[C@@H]3OC(C)=O. The van der Waals surface area contributed by atoms with Crippen LogP contribution in [0.4, 0.5) is 0 Å². The van der Waals surface area contributed by atoms with Crippen LogP contribution >= 0.6 is 0 Å². The number of aryl methyl sites for hydroxylation is 1. The van der Waals surface area contributed by atoms with Crippen LogP contribution in [0.25, 0.3) is 0 Å². The zero-order chi connectivity index (χ0) is 38.5. The lowest BCUT2D eigenvalue weighted by Crippen LogP contribution is -2.83. The first-order chi connectivity index (χ1) is 24.9. The molecule has 3 fully saturated rings. The highest BCUT2D eigenvalue weighted by Crippen LogP contribution is 2.69. The Morgan fingerprint density at radius 2 is 1.51 bits per heavy atom. The number of carbonyl (C=O) groups excluding carboxylic acids is 5. The van der Waals surface area contributed by atoms with E-state index in [1.807, 2.05) is 0 Å². The minimum Gasteiger partial charge on any atom is -0.472 e. The summed E-state index contributed by atoms with van der Waals surface area (Å²) in [6, 6.07) is 11.7. The quantitative estimate of drug-likeness (QED) is 0.249. The molecule has 0 amide bonds. The molecular weight excluding hydrogens is 694 g/mol. The van der Waals surface area contributed by atoms with Crippen molar-refractivity contribution in [3.05, 3.63) is 94.3 Å². The number of rotatable bonds is 9. The summed E-state index contributed by atoms with van der Waals surface area (Å²) in [6.45, 7) is 6.26. The molecule has 1 saturated heterocycles. The van der Waals surface area contributed by atoms with Gasteiger partial charge in [0.05, 0.1) is 40.1 Å². The van der Waals surface area contributed by atoms with E-state index < -0.39 is 94.6 Å². The third-order valence-electron chi connectivity index (χ3n) is 10.7. The molecule has 1 N–H and O–H groups in total. The highest BCUT2D eigenvalue weighted by Gasteiger charge is 2.87. The third-order valence-corrected chi connectivity index (χ3v) is 10.7. The van der Waals surface area contributed by atoms with Gasteiger partial charge in [-0.15, -0.1) is 0 Å². The molecule has 3 aliphatic rings. The van der Waals surface area contributed by atoms with Gasteiger partial charge in [-0.05, 0) is 57.9 Å². The molecule has 3 heterocycles. The van der Waals surface area contributed by atoms with E-state index in [9.17, 15) is 33.9 Å². The number of furan rings is 1. The summed E-state index contributed by atoms with van der Waals surface area (Å²) < 4.78 is 43.9. The summed E-state index contributed by atoms with van der Waals surface area (Å²) in [7, 11) is 1.44. The number of carbonyl (C=O) groups is 5. The smallest absolute Gasteiger partial charge is 0.341 e. The van der Waals surface area contributed by atoms with Gasteiger partial charge in [0.1, 0.15) is 36.6 Å². The van der Waals surface area contributed by atoms with Crippen molar-refractivity contribution in [2.24, 2.45) is 18.4 Å². The molecule has 1 aliphatic heterocycles. The van der Waals surface area contributed by atoms with Crippen LogP contribution in [0.15, 0.2) is 76.5 Å². The van der Waals surface area contributed by atoms with Crippen molar-refractivity contribution in [2.75, 3.05) is 6.61 Å². The Morgan fingerprint density at radius 1 is 0.830 bits per heavy atom. The Hall–Kier alpha value is -5.28. The van der Waals surface area contributed by atoms with Crippen molar-refractivity contribution >= 4 is 29.8 Å². The molecule has 2 aromatic heterocycles. The lowest BCUT2D eigenvalue weighted by atomic mass is 9.46. The average Bonchev–Trinajstić information content (AvgIpc) is 3.70. The largest absolute Gasteiger partial charge is 0.472 e. The standard InChI is InChI=1S/C38H41NO14/c1-21(40)48-20-37-26(50-34(45)25-15-17-47-19-25)14-16-36(5,46)38(37)30(49-22(2)41)28(35(3,4)53-38)29(31(37)52-32(43)23-10-8-7-9-11-23)51-33(44)24-12-13-27(42)39(6)18-24/h7-13,15,17-19,26,28-31,46H,14,16,20H2,1-6H3/t26-,28+,29-,30+,31+,36-,37-,38-/m1/s1. The van der Waals surface area contributed by atoms with Gasteiger partial charge in [-0.1, -0.05) is 18.2 Å². The lowest BCUT2D eigenvalue weighted by molar-refractivity contribution is -0.346. The van der Waals surface area contributed by atoms with E-state index in [0.29, 0.717) is 0 Å². The van der Waals surface area contributed by atoms with Crippen LogP contribution in [0, 0.1) is 11.3 Å². The zero-order valence-electron chi connectivity index (χ0n) is 30.1. The maximum absolute atomic E-state index is 14.2. The van der Waals surface area contributed by atoms with Gasteiger partial charge in [0, 0.05) is 33.2 Å². The molecule has 1 spiro atoms. The average molecular weight is 736 g/mol. The van der Waals surface area contributed by atoms with E-state index in [0.717, 1.165) is 20.1 Å². The minimum absolute atomic E-state index is 0.0207. The van der Waals surface area contributed by atoms with Crippen molar-refractivity contribution in [2.45, 2.75) is 88.7 Å². The van der Waals surface area contributed by atoms with Crippen LogP contribution < -0.4 is 5.56 Å². The fourth-order valence-corrected chi connectivity index (χ4v) is 8.53. The van der Waals surface area contributed by atoms with E-state index in [-0.39, 0.29) is 29.5 Å². The first-order valence-corrected chi connectivity index (χ1v) is 17.0. The summed E-state index contributed by atoms with van der Waals surface area (Å²) in [4.78, 5) is 79.9. The number of hydrogen-bond donors (Lipinski definition) is 1. The lowest BCUT2D eigenvalue weighted by Gasteiger charge is -2.65. The van der Waals surface area contributed by atoms with Gasteiger partial charge in [0.15, 0.2) is 11.7 Å². The van der Waals surface area contributed by atoms with Crippen LogP contribution in [0.2, 0.25) is 0 Å². The number of ether oxygens (including phenoxy) is 6. The summed E-state index contributed by atoms with van der Waals surface area (Å²) in [5, 5.41) is 12.6. The topological polar surface area (TPSA) is 196 Å². The van der Waals surface area contributed by atoms with Gasteiger partial charge < -0.3 is 42.5 Å². The Morgan fingerprint density at radius 3 is 2.13 bits per heavy atom. The second-order valence-corrected chi connectivity index (χ2v) is 14.5. The Labute approximate surface area is 304 Å². The zero-order valence-corrected chi connectivity index (χ0v) is 30.1. The molecule has 53 heavy (non-hydrogen) atoms. The van der Waals surface area contributed by atoms with E-state index in [4.69, 9.17) is 32.8 Å². The van der Waals surface area contributed by atoms with E-state index in [1.54, 1.807) is 32.0 Å². The number of aliphatic hydroxyl groups is 1. The first-order valence-electron chi connectivity index (χ1n) is 17.0. The summed E-state index contributed by atoms with van der Waals surface area (Å²) >= 11 is 0. The normalized spacial score (nSPS) is 31.0. The predicted octanol–water partition coefficient (Wildman–Crippen LogP) is 3.16. The number of esters is 5. The summed E-state index contributed by atoms with van der Waals surface area (Å²) in [6.07, 6.45) is -2.69. The van der Waals surface area contributed by atoms with Gasteiger partial charge >= 0.3 is 29.8 Å². The molecule has 8 atom stereocenters. The van der Waals surface area contributed by atoms with Gasteiger partial charge in [-0.25, -0.2) is 14.4 Å². The molecule has 3 aromatic rings. The molecule has 6 rings (SSSR count). The van der Waals surface area contributed by atoms with Gasteiger partial charge in [0.25, 0.3) is 0 Å². The molecule has 2 aliphatic carbocycles.